The average Bonchev–Trinajstić information content (AvgIpc) is 2.92. The van der Waals surface area contributed by atoms with E-state index in [1.165, 1.54) is 25.7 Å². The molecule has 1 aliphatic carbocycles. The van der Waals surface area contributed by atoms with Crippen LogP contribution in [0.15, 0.2) is 30.3 Å². The number of ketones is 1. The van der Waals surface area contributed by atoms with E-state index in [-0.39, 0.29) is 18.4 Å². The van der Waals surface area contributed by atoms with Crippen molar-refractivity contribution >= 4 is 5.78 Å². The summed E-state index contributed by atoms with van der Waals surface area (Å²) in [6.07, 6.45) is 6.16. The summed E-state index contributed by atoms with van der Waals surface area (Å²) in [5, 5.41) is 3.51. The Morgan fingerprint density at radius 3 is 2.80 bits per heavy atom. The molecule has 1 N–H and O–H groups in total. The monoisotopic (exact) mass is 273 g/mol. The first-order valence-corrected chi connectivity index (χ1v) is 7.73. The highest BCUT2D eigenvalue weighted by Gasteiger charge is 2.37. The minimum Gasteiger partial charge on any atom is -0.369 e. The van der Waals surface area contributed by atoms with Gasteiger partial charge in [0.05, 0.1) is 12.6 Å². The van der Waals surface area contributed by atoms with E-state index in [0.29, 0.717) is 18.6 Å². The Bertz CT molecular complexity index is 432. The molecule has 0 amide bonds. The number of fused-ring (bicyclic) bond motifs is 1. The van der Waals surface area contributed by atoms with Crippen molar-refractivity contribution in [3.05, 3.63) is 35.9 Å². The van der Waals surface area contributed by atoms with Gasteiger partial charge in [-0.05, 0) is 30.7 Å². The molecule has 2 fully saturated rings. The predicted molar refractivity (Wildman–Crippen MR) is 78.4 cm³/mol. The first-order chi connectivity index (χ1) is 9.83. The molecule has 3 nitrogen and oxygen atoms in total. The topological polar surface area (TPSA) is 38.3 Å². The van der Waals surface area contributed by atoms with Crippen LogP contribution in [0.25, 0.3) is 0 Å². The minimum atomic E-state index is 0.0267. The molecule has 0 radical (unpaired) electrons. The lowest BCUT2D eigenvalue weighted by Gasteiger charge is -2.24. The molecule has 1 aromatic carbocycles. The number of hydrogen-bond donors (Lipinski definition) is 1. The molecule has 1 aliphatic heterocycles. The smallest absolute Gasteiger partial charge is 0.175 e. The summed E-state index contributed by atoms with van der Waals surface area (Å²) in [5.41, 5.74) is 1.12. The number of rotatable bonds is 5. The molecule has 3 rings (SSSR count). The summed E-state index contributed by atoms with van der Waals surface area (Å²) < 4.78 is 5.56. The van der Waals surface area contributed by atoms with E-state index in [9.17, 15) is 4.79 Å². The maximum atomic E-state index is 12.2. The van der Waals surface area contributed by atoms with Gasteiger partial charge in [-0.2, -0.15) is 0 Å². The zero-order valence-electron chi connectivity index (χ0n) is 11.9. The van der Waals surface area contributed by atoms with Crippen LogP contribution in [0, 0.1) is 5.92 Å². The van der Waals surface area contributed by atoms with Crippen molar-refractivity contribution in [1.82, 2.24) is 5.32 Å². The van der Waals surface area contributed by atoms with Gasteiger partial charge in [-0.15, -0.1) is 0 Å². The number of carbonyl (C=O) groups excluding carboxylic acids is 1. The Morgan fingerprint density at radius 1 is 1.20 bits per heavy atom. The fourth-order valence-electron chi connectivity index (χ4n) is 3.51. The van der Waals surface area contributed by atoms with Crippen LogP contribution >= 0.6 is 0 Å². The van der Waals surface area contributed by atoms with E-state index < -0.39 is 0 Å². The summed E-state index contributed by atoms with van der Waals surface area (Å²) in [7, 11) is 0. The first kappa shape index (κ1) is 13.8. The molecule has 0 aromatic heterocycles. The van der Waals surface area contributed by atoms with Gasteiger partial charge in [0.2, 0.25) is 0 Å². The van der Waals surface area contributed by atoms with E-state index >= 15 is 0 Å². The minimum absolute atomic E-state index is 0.0267. The highest BCUT2D eigenvalue weighted by Crippen LogP contribution is 2.33. The fourth-order valence-corrected chi connectivity index (χ4v) is 3.51. The third kappa shape index (κ3) is 3.28. The van der Waals surface area contributed by atoms with Crippen molar-refractivity contribution < 1.29 is 9.53 Å². The highest BCUT2D eigenvalue weighted by atomic mass is 16.5. The zero-order valence-corrected chi connectivity index (χ0v) is 11.9. The SMILES string of the molecule is O=C(COCc1ccccc1)[C@@H]1CC2CCCCC2N1. The van der Waals surface area contributed by atoms with Gasteiger partial charge in [-0.1, -0.05) is 43.2 Å². The lowest BCUT2D eigenvalue weighted by molar-refractivity contribution is -0.125. The molecule has 2 unspecified atom stereocenters. The molecular formula is C17H23NO2. The second-order valence-electron chi connectivity index (χ2n) is 6.05. The molecule has 1 saturated heterocycles. The quantitative estimate of drug-likeness (QED) is 0.896. The molecule has 1 saturated carbocycles. The van der Waals surface area contributed by atoms with E-state index in [1.54, 1.807) is 0 Å². The van der Waals surface area contributed by atoms with Crippen LogP contribution < -0.4 is 5.32 Å². The highest BCUT2D eigenvalue weighted by molar-refractivity contribution is 5.85. The molecule has 3 atom stereocenters. The number of hydrogen-bond acceptors (Lipinski definition) is 3. The second-order valence-corrected chi connectivity index (χ2v) is 6.05. The molecule has 1 heterocycles. The maximum Gasteiger partial charge on any atom is 0.175 e. The zero-order chi connectivity index (χ0) is 13.8. The van der Waals surface area contributed by atoms with E-state index in [0.717, 1.165) is 12.0 Å². The van der Waals surface area contributed by atoms with Crippen molar-refractivity contribution in [2.75, 3.05) is 6.61 Å². The average molecular weight is 273 g/mol. The molecule has 2 aliphatic rings. The summed E-state index contributed by atoms with van der Waals surface area (Å²) in [5.74, 6) is 0.933. The van der Waals surface area contributed by atoms with Gasteiger partial charge < -0.3 is 10.1 Å². The Balaban J connectivity index is 1.43. The number of ether oxygens (including phenoxy) is 1. The van der Waals surface area contributed by atoms with Crippen LogP contribution in [0.1, 0.15) is 37.7 Å². The largest absolute Gasteiger partial charge is 0.369 e. The molecule has 0 bridgehead atoms. The lowest BCUT2D eigenvalue weighted by atomic mass is 9.85. The van der Waals surface area contributed by atoms with Crippen LogP contribution in [-0.4, -0.2) is 24.5 Å². The Labute approximate surface area is 120 Å². The fraction of sp³-hybridized carbons (Fsp3) is 0.588. The molecule has 3 heteroatoms. The van der Waals surface area contributed by atoms with Gasteiger partial charge in [0.1, 0.15) is 6.61 Å². The van der Waals surface area contributed by atoms with E-state index in [4.69, 9.17) is 4.74 Å². The van der Waals surface area contributed by atoms with Crippen molar-refractivity contribution in [2.24, 2.45) is 5.92 Å². The van der Waals surface area contributed by atoms with Gasteiger partial charge in [-0.25, -0.2) is 0 Å². The van der Waals surface area contributed by atoms with Gasteiger partial charge in [0.25, 0.3) is 0 Å². The predicted octanol–water partition coefficient (Wildman–Crippen LogP) is 2.69. The molecule has 20 heavy (non-hydrogen) atoms. The Hall–Kier alpha value is -1.19. The Morgan fingerprint density at radius 2 is 2.00 bits per heavy atom. The third-order valence-electron chi connectivity index (χ3n) is 4.61. The first-order valence-electron chi connectivity index (χ1n) is 7.73. The van der Waals surface area contributed by atoms with E-state index in [1.807, 2.05) is 30.3 Å². The van der Waals surface area contributed by atoms with Crippen LogP contribution in [0.2, 0.25) is 0 Å². The van der Waals surface area contributed by atoms with Crippen molar-refractivity contribution in [1.29, 1.82) is 0 Å². The van der Waals surface area contributed by atoms with Crippen LogP contribution in [0.5, 0.6) is 0 Å². The molecular weight excluding hydrogens is 250 g/mol. The molecule has 0 spiro atoms. The Kier molecular flexibility index (Phi) is 4.48. The van der Waals surface area contributed by atoms with Crippen molar-refractivity contribution in [2.45, 2.75) is 50.8 Å². The van der Waals surface area contributed by atoms with Gasteiger partial charge in [0.15, 0.2) is 5.78 Å². The normalized spacial score (nSPS) is 29.1. The summed E-state index contributed by atoms with van der Waals surface area (Å²) in [6.45, 7) is 0.748. The second kappa shape index (κ2) is 6.51. The number of carbonyl (C=O) groups is 1. The summed E-state index contributed by atoms with van der Waals surface area (Å²) in [6, 6.07) is 10.6. The molecule has 1 aromatic rings. The van der Waals surface area contributed by atoms with Crippen molar-refractivity contribution in [3.63, 3.8) is 0 Å². The third-order valence-corrected chi connectivity index (χ3v) is 4.61. The van der Waals surface area contributed by atoms with E-state index in [2.05, 4.69) is 5.32 Å². The van der Waals surface area contributed by atoms with Gasteiger partial charge in [-0.3, -0.25) is 4.79 Å². The van der Waals surface area contributed by atoms with Crippen LogP contribution in [0.4, 0.5) is 0 Å². The van der Waals surface area contributed by atoms with Crippen LogP contribution in [0.3, 0.4) is 0 Å². The summed E-state index contributed by atoms with van der Waals surface area (Å²) >= 11 is 0. The van der Waals surface area contributed by atoms with Gasteiger partial charge >= 0.3 is 0 Å². The number of nitrogens with one attached hydrogen (secondary N) is 1. The molecule has 108 valence electrons. The lowest BCUT2D eigenvalue weighted by Crippen LogP contribution is -2.38. The number of Topliss-reactive ketones (excluding diaryl/α,β-unsaturated/α-hetero) is 1. The standard InChI is InChI=1S/C17H23NO2/c19-17(12-20-11-13-6-2-1-3-7-13)16-10-14-8-4-5-9-15(14)18-16/h1-3,6-7,14-16,18H,4-5,8-12H2/t14?,15?,16-/m0/s1. The van der Waals surface area contributed by atoms with Gasteiger partial charge in [0, 0.05) is 6.04 Å². The van der Waals surface area contributed by atoms with Crippen LogP contribution in [-0.2, 0) is 16.1 Å². The summed E-state index contributed by atoms with van der Waals surface area (Å²) in [4.78, 5) is 12.2. The van der Waals surface area contributed by atoms with Crippen molar-refractivity contribution in [3.8, 4) is 0 Å². The number of benzene rings is 1. The maximum absolute atomic E-state index is 12.2.